The minimum atomic E-state index is -0.0367. The number of aromatic nitrogens is 2. The molecule has 3 rings (SSSR count). The minimum absolute atomic E-state index is 0.0367. The highest BCUT2D eigenvalue weighted by molar-refractivity contribution is 7.10. The van der Waals surface area contributed by atoms with Crippen LogP contribution in [-0.2, 0) is 17.6 Å². The van der Waals surface area contributed by atoms with Crippen molar-refractivity contribution < 1.29 is 9.53 Å². The minimum Gasteiger partial charge on any atom is -0.497 e. The highest BCUT2D eigenvalue weighted by Crippen LogP contribution is 2.31. The number of thiophene rings is 1. The number of nitrogens with one attached hydrogen (secondary N) is 2. The van der Waals surface area contributed by atoms with E-state index in [0.29, 0.717) is 6.42 Å². The Morgan fingerprint density at radius 2 is 2.20 bits per heavy atom. The van der Waals surface area contributed by atoms with Gasteiger partial charge < -0.3 is 10.1 Å². The summed E-state index contributed by atoms with van der Waals surface area (Å²) >= 11 is 1.58. The molecule has 0 aliphatic rings. The first kappa shape index (κ1) is 17.2. The van der Waals surface area contributed by atoms with Crippen LogP contribution in [0.4, 0.5) is 5.69 Å². The number of aromatic amines is 1. The van der Waals surface area contributed by atoms with Crippen LogP contribution in [0.3, 0.4) is 0 Å². The molecule has 1 amide bonds. The molecule has 0 unspecified atom stereocenters. The molecule has 2 aromatic heterocycles. The molecule has 6 heteroatoms. The first-order valence-electron chi connectivity index (χ1n) is 8.25. The van der Waals surface area contributed by atoms with Crippen LogP contribution in [0.2, 0.25) is 0 Å². The van der Waals surface area contributed by atoms with Gasteiger partial charge in [-0.15, -0.1) is 11.3 Å². The lowest BCUT2D eigenvalue weighted by Crippen LogP contribution is -2.15. The summed E-state index contributed by atoms with van der Waals surface area (Å²) in [6.07, 6.45) is 2.16. The summed E-state index contributed by atoms with van der Waals surface area (Å²) in [6.45, 7) is 2.10. The van der Waals surface area contributed by atoms with Crippen molar-refractivity contribution in [3.8, 4) is 17.0 Å². The molecule has 5 nitrogen and oxygen atoms in total. The lowest BCUT2D eigenvalue weighted by molar-refractivity contribution is -0.115. The number of methoxy groups -OCH3 is 1. The molecule has 0 aliphatic heterocycles. The Hall–Kier alpha value is -2.60. The molecule has 0 atom stereocenters. The van der Waals surface area contributed by atoms with Crippen LogP contribution in [0.25, 0.3) is 11.3 Å². The Balaban J connectivity index is 1.89. The molecule has 0 fully saturated rings. The van der Waals surface area contributed by atoms with Crippen molar-refractivity contribution in [3.05, 3.63) is 52.3 Å². The van der Waals surface area contributed by atoms with Crippen LogP contribution < -0.4 is 10.1 Å². The zero-order valence-corrected chi connectivity index (χ0v) is 15.2. The molecule has 0 bridgehead atoms. The van der Waals surface area contributed by atoms with E-state index in [9.17, 15) is 4.79 Å². The number of H-pyrrole nitrogens is 1. The fourth-order valence-corrected chi connectivity index (χ4v) is 3.38. The second-order valence-electron chi connectivity index (χ2n) is 5.71. The molecule has 0 saturated carbocycles. The summed E-state index contributed by atoms with van der Waals surface area (Å²) in [5.41, 5.74) is 3.35. The first-order valence-corrected chi connectivity index (χ1v) is 9.13. The maximum Gasteiger partial charge on any atom is 0.229 e. The Labute approximate surface area is 151 Å². The highest BCUT2D eigenvalue weighted by Gasteiger charge is 2.17. The molecule has 3 aromatic rings. The Morgan fingerprint density at radius 1 is 1.32 bits per heavy atom. The number of ether oxygens (including phenoxy) is 1. The maximum atomic E-state index is 12.5. The van der Waals surface area contributed by atoms with Gasteiger partial charge >= 0.3 is 0 Å². The third-order valence-corrected chi connectivity index (χ3v) is 4.74. The van der Waals surface area contributed by atoms with Gasteiger partial charge in [-0.3, -0.25) is 9.89 Å². The van der Waals surface area contributed by atoms with E-state index in [-0.39, 0.29) is 5.91 Å². The number of carbonyl (C=O) groups is 1. The number of hydrogen-bond acceptors (Lipinski definition) is 4. The first-order chi connectivity index (χ1) is 12.2. The molecule has 2 heterocycles. The molecule has 130 valence electrons. The summed E-state index contributed by atoms with van der Waals surface area (Å²) in [5, 5.41) is 12.5. The van der Waals surface area contributed by atoms with Gasteiger partial charge in [0.2, 0.25) is 5.91 Å². The topological polar surface area (TPSA) is 67.0 Å². The summed E-state index contributed by atoms with van der Waals surface area (Å²) in [7, 11) is 1.63. The summed E-state index contributed by atoms with van der Waals surface area (Å²) in [6, 6.07) is 11.6. The number of nitrogens with zero attached hydrogens (tertiary/aromatic N) is 1. The van der Waals surface area contributed by atoms with Crippen molar-refractivity contribution in [2.75, 3.05) is 12.4 Å². The van der Waals surface area contributed by atoms with Gasteiger partial charge in [0.05, 0.1) is 24.9 Å². The Bertz CT molecular complexity index is 840. The van der Waals surface area contributed by atoms with Gasteiger partial charge in [-0.25, -0.2) is 0 Å². The van der Waals surface area contributed by atoms with Crippen molar-refractivity contribution in [1.82, 2.24) is 10.2 Å². The van der Waals surface area contributed by atoms with Crippen molar-refractivity contribution in [2.24, 2.45) is 0 Å². The van der Waals surface area contributed by atoms with Crippen LogP contribution in [-0.4, -0.2) is 23.2 Å². The van der Waals surface area contributed by atoms with E-state index < -0.39 is 0 Å². The number of aryl methyl sites for hydroxylation is 1. The van der Waals surface area contributed by atoms with Crippen molar-refractivity contribution >= 4 is 22.9 Å². The van der Waals surface area contributed by atoms with E-state index in [1.165, 1.54) is 0 Å². The van der Waals surface area contributed by atoms with E-state index >= 15 is 0 Å². The lowest BCUT2D eigenvalue weighted by atomic mass is 10.1. The smallest absolute Gasteiger partial charge is 0.229 e. The van der Waals surface area contributed by atoms with E-state index in [1.54, 1.807) is 18.4 Å². The number of hydrogen-bond donors (Lipinski definition) is 2. The molecule has 0 aliphatic carbocycles. The zero-order valence-electron chi connectivity index (χ0n) is 14.3. The quantitative estimate of drug-likeness (QED) is 0.665. The predicted octanol–water partition coefficient (Wildman–Crippen LogP) is 4.28. The standard InChI is InChI=1S/C19H21N3O2S/c1-3-6-16-19(20-17(23)12-15-9-5-10-25-15)18(22-21-16)13-7-4-8-14(11-13)24-2/h4-5,7-11H,3,6,12H2,1-2H3,(H,20,23)(H,21,22). The fourth-order valence-electron chi connectivity index (χ4n) is 2.68. The van der Waals surface area contributed by atoms with E-state index in [2.05, 4.69) is 22.4 Å². The molecule has 0 spiro atoms. The second kappa shape index (κ2) is 7.98. The van der Waals surface area contributed by atoms with Gasteiger partial charge in [-0.1, -0.05) is 31.5 Å². The zero-order chi connectivity index (χ0) is 17.6. The largest absolute Gasteiger partial charge is 0.497 e. The van der Waals surface area contributed by atoms with Crippen LogP contribution >= 0.6 is 11.3 Å². The Kier molecular flexibility index (Phi) is 5.50. The fraction of sp³-hybridized carbons (Fsp3) is 0.263. The van der Waals surface area contributed by atoms with E-state index in [4.69, 9.17) is 4.74 Å². The van der Waals surface area contributed by atoms with Gasteiger partial charge in [-0.2, -0.15) is 5.10 Å². The number of benzene rings is 1. The average molecular weight is 355 g/mol. The summed E-state index contributed by atoms with van der Waals surface area (Å²) < 4.78 is 5.30. The second-order valence-corrected chi connectivity index (χ2v) is 6.74. The molecule has 0 radical (unpaired) electrons. The van der Waals surface area contributed by atoms with Gasteiger partial charge in [-0.05, 0) is 30.0 Å². The average Bonchev–Trinajstić information content (AvgIpc) is 3.26. The molecule has 25 heavy (non-hydrogen) atoms. The number of amides is 1. The third-order valence-electron chi connectivity index (χ3n) is 3.86. The van der Waals surface area contributed by atoms with Crippen molar-refractivity contribution in [3.63, 3.8) is 0 Å². The summed E-state index contributed by atoms with van der Waals surface area (Å²) in [5.74, 6) is 0.721. The third kappa shape index (κ3) is 4.09. The van der Waals surface area contributed by atoms with Crippen LogP contribution in [0.5, 0.6) is 5.75 Å². The monoisotopic (exact) mass is 355 g/mol. The molecule has 2 N–H and O–H groups in total. The molecular weight excluding hydrogens is 334 g/mol. The summed E-state index contributed by atoms with van der Waals surface area (Å²) in [4.78, 5) is 13.5. The van der Waals surface area contributed by atoms with Crippen LogP contribution in [0.15, 0.2) is 41.8 Å². The van der Waals surface area contributed by atoms with E-state index in [0.717, 1.165) is 46.1 Å². The highest BCUT2D eigenvalue weighted by atomic mass is 32.1. The van der Waals surface area contributed by atoms with Gasteiger partial charge in [0, 0.05) is 10.4 Å². The number of rotatable bonds is 7. The van der Waals surface area contributed by atoms with Crippen molar-refractivity contribution in [2.45, 2.75) is 26.2 Å². The predicted molar refractivity (Wildman–Crippen MR) is 101 cm³/mol. The van der Waals surface area contributed by atoms with Crippen LogP contribution in [0, 0.1) is 0 Å². The number of carbonyl (C=O) groups excluding carboxylic acids is 1. The molecule has 0 saturated heterocycles. The van der Waals surface area contributed by atoms with Crippen molar-refractivity contribution in [1.29, 1.82) is 0 Å². The SMILES string of the molecule is CCCc1[nH]nc(-c2cccc(OC)c2)c1NC(=O)Cc1cccs1. The van der Waals surface area contributed by atoms with Crippen LogP contribution in [0.1, 0.15) is 23.9 Å². The molecular formula is C19H21N3O2S. The van der Waals surface area contributed by atoms with Gasteiger partial charge in [0.15, 0.2) is 0 Å². The van der Waals surface area contributed by atoms with E-state index in [1.807, 2.05) is 41.8 Å². The normalized spacial score (nSPS) is 10.6. The number of anilines is 1. The lowest BCUT2D eigenvalue weighted by Gasteiger charge is -2.09. The van der Waals surface area contributed by atoms with Gasteiger partial charge in [0.25, 0.3) is 0 Å². The maximum absolute atomic E-state index is 12.5. The van der Waals surface area contributed by atoms with Gasteiger partial charge in [0.1, 0.15) is 11.4 Å². The molecule has 1 aromatic carbocycles. The Morgan fingerprint density at radius 3 is 2.92 bits per heavy atom.